The Bertz CT molecular complexity index is 882. The summed E-state index contributed by atoms with van der Waals surface area (Å²) in [5.74, 6) is 0.384. The molecule has 3 rings (SSSR count). The van der Waals surface area contributed by atoms with Gasteiger partial charge >= 0.3 is 0 Å². The van der Waals surface area contributed by atoms with E-state index in [2.05, 4.69) is 20.5 Å². The molecule has 0 spiro atoms. The van der Waals surface area contributed by atoms with Gasteiger partial charge in [0.05, 0.1) is 6.61 Å². The zero-order valence-corrected chi connectivity index (χ0v) is 14.9. The lowest BCUT2D eigenvalue weighted by Gasteiger charge is -2.08. The number of rotatable bonds is 8. The average Bonchev–Trinajstić information content (AvgIpc) is 2.67. The van der Waals surface area contributed by atoms with Crippen molar-refractivity contribution in [1.82, 2.24) is 15.2 Å². The largest absolute Gasteiger partial charge is 0.477 e. The summed E-state index contributed by atoms with van der Waals surface area (Å²) >= 11 is 5.87. The van der Waals surface area contributed by atoms with Crippen LogP contribution in [-0.2, 0) is 13.0 Å². The summed E-state index contributed by atoms with van der Waals surface area (Å²) in [7, 11) is 0. The minimum absolute atomic E-state index is 0.289. The Balaban J connectivity index is 1.50. The van der Waals surface area contributed by atoms with Crippen LogP contribution in [-0.4, -0.2) is 21.8 Å². The van der Waals surface area contributed by atoms with Crippen molar-refractivity contribution in [2.75, 3.05) is 11.9 Å². The fourth-order valence-electron chi connectivity index (χ4n) is 2.40. The van der Waals surface area contributed by atoms with Crippen LogP contribution < -0.4 is 15.6 Å². The van der Waals surface area contributed by atoms with Gasteiger partial charge in [0.15, 0.2) is 0 Å². The van der Waals surface area contributed by atoms with Gasteiger partial charge in [-0.1, -0.05) is 29.8 Å². The number of halogens is 1. The zero-order chi connectivity index (χ0) is 18.2. The van der Waals surface area contributed by atoms with Gasteiger partial charge in [-0.05, 0) is 42.2 Å². The van der Waals surface area contributed by atoms with Crippen molar-refractivity contribution in [2.45, 2.75) is 19.4 Å². The lowest BCUT2D eigenvalue weighted by molar-refractivity contribution is 0.295. The number of aromatic nitrogens is 3. The molecule has 0 atom stereocenters. The minimum atomic E-state index is -0.289. The van der Waals surface area contributed by atoms with Crippen LogP contribution in [0, 0.1) is 0 Å². The van der Waals surface area contributed by atoms with Crippen molar-refractivity contribution >= 4 is 17.3 Å². The molecule has 26 heavy (non-hydrogen) atoms. The molecule has 134 valence electrons. The normalized spacial score (nSPS) is 10.5. The molecule has 6 nitrogen and oxygen atoms in total. The van der Waals surface area contributed by atoms with E-state index in [1.165, 1.54) is 5.56 Å². The number of nitrogens with zero attached hydrogens (tertiary/aromatic N) is 2. The maximum absolute atomic E-state index is 11.9. The summed E-state index contributed by atoms with van der Waals surface area (Å²) in [6.07, 6.45) is 5.17. The van der Waals surface area contributed by atoms with E-state index in [-0.39, 0.29) is 5.56 Å². The summed E-state index contributed by atoms with van der Waals surface area (Å²) in [6, 6.07) is 13.1. The monoisotopic (exact) mass is 370 g/mol. The van der Waals surface area contributed by atoms with Gasteiger partial charge in [-0.3, -0.25) is 9.78 Å². The Labute approximate surface area is 156 Å². The van der Waals surface area contributed by atoms with E-state index >= 15 is 0 Å². The van der Waals surface area contributed by atoms with Gasteiger partial charge in [-0.25, -0.2) is 5.10 Å². The molecule has 0 bridgehead atoms. The lowest BCUT2D eigenvalue weighted by atomic mass is 10.1. The summed E-state index contributed by atoms with van der Waals surface area (Å²) in [4.78, 5) is 15.9. The van der Waals surface area contributed by atoms with Crippen molar-refractivity contribution < 1.29 is 4.74 Å². The number of hydrogen-bond donors (Lipinski definition) is 2. The molecular formula is C19H19ClN4O2. The van der Waals surface area contributed by atoms with Gasteiger partial charge in [0, 0.05) is 30.0 Å². The number of aryl methyl sites for hydroxylation is 1. The highest BCUT2D eigenvalue weighted by Crippen LogP contribution is 2.13. The topological polar surface area (TPSA) is 79.9 Å². The van der Waals surface area contributed by atoms with Gasteiger partial charge in [-0.2, -0.15) is 0 Å². The number of aromatic amines is 1. The molecule has 0 aliphatic rings. The lowest BCUT2D eigenvalue weighted by Crippen LogP contribution is -2.16. The Morgan fingerprint density at radius 2 is 2.00 bits per heavy atom. The fourth-order valence-corrected chi connectivity index (χ4v) is 2.52. The number of benzene rings is 1. The molecule has 0 unspecified atom stereocenters. The Hall–Kier alpha value is -2.86. The maximum atomic E-state index is 11.9. The molecule has 7 heteroatoms. The van der Waals surface area contributed by atoms with Crippen molar-refractivity contribution in [1.29, 1.82) is 0 Å². The van der Waals surface area contributed by atoms with Crippen LogP contribution in [0.5, 0.6) is 5.88 Å². The van der Waals surface area contributed by atoms with Crippen LogP contribution in [0.3, 0.4) is 0 Å². The standard InChI is InChI=1S/C19H19ClN4O2/c20-16-7-5-14(6-8-16)4-2-10-26-18-11-17(19(25)24-23-18)22-13-15-3-1-9-21-12-15/h1,3,5-9,11-12H,2,4,10,13H2,(H,22,23)(H,24,25). The number of pyridine rings is 1. The third kappa shape index (κ3) is 5.32. The van der Waals surface area contributed by atoms with Crippen molar-refractivity contribution in [3.63, 3.8) is 0 Å². The van der Waals surface area contributed by atoms with Crippen molar-refractivity contribution in [3.8, 4) is 5.88 Å². The first-order valence-corrected chi connectivity index (χ1v) is 8.68. The predicted molar refractivity (Wildman–Crippen MR) is 102 cm³/mol. The Morgan fingerprint density at radius 3 is 2.77 bits per heavy atom. The van der Waals surface area contributed by atoms with E-state index in [0.717, 1.165) is 23.4 Å². The van der Waals surface area contributed by atoms with E-state index in [1.807, 2.05) is 36.4 Å². The zero-order valence-electron chi connectivity index (χ0n) is 14.1. The third-order valence-electron chi connectivity index (χ3n) is 3.76. The Morgan fingerprint density at radius 1 is 1.15 bits per heavy atom. The van der Waals surface area contributed by atoms with Crippen LogP contribution >= 0.6 is 11.6 Å². The first-order chi connectivity index (χ1) is 12.7. The highest BCUT2D eigenvalue weighted by atomic mass is 35.5. The van der Waals surface area contributed by atoms with Crippen molar-refractivity contribution in [2.24, 2.45) is 0 Å². The summed E-state index contributed by atoms with van der Waals surface area (Å²) in [5.41, 5.74) is 2.30. The number of H-pyrrole nitrogens is 1. The highest BCUT2D eigenvalue weighted by molar-refractivity contribution is 6.30. The highest BCUT2D eigenvalue weighted by Gasteiger charge is 2.04. The van der Waals surface area contributed by atoms with Gasteiger partial charge in [0.1, 0.15) is 5.69 Å². The Kier molecular flexibility index (Phi) is 6.22. The van der Waals surface area contributed by atoms with Crippen LogP contribution in [0.25, 0.3) is 0 Å². The van der Waals surface area contributed by atoms with Gasteiger partial charge in [-0.15, -0.1) is 5.10 Å². The van der Waals surface area contributed by atoms with E-state index in [4.69, 9.17) is 16.3 Å². The van der Waals surface area contributed by atoms with E-state index in [1.54, 1.807) is 18.5 Å². The number of anilines is 1. The smallest absolute Gasteiger partial charge is 0.287 e. The van der Waals surface area contributed by atoms with Gasteiger partial charge < -0.3 is 10.1 Å². The average molecular weight is 371 g/mol. The molecule has 0 aliphatic heterocycles. The van der Waals surface area contributed by atoms with E-state index < -0.39 is 0 Å². The second-order valence-electron chi connectivity index (χ2n) is 5.74. The van der Waals surface area contributed by atoms with Crippen molar-refractivity contribution in [3.05, 3.63) is 81.4 Å². The second-order valence-corrected chi connectivity index (χ2v) is 6.18. The third-order valence-corrected chi connectivity index (χ3v) is 4.01. The molecule has 0 fully saturated rings. The van der Waals surface area contributed by atoms with E-state index in [9.17, 15) is 4.79 Å². The molecule has 0 saturated heterocycles. The first kappa shape index (κ1) is 17.9. The molecule has 0 radical (unpaired) electrons. The quantitative estimate of drug-likeness (QED) is 0.594. The molecular weight excluding hydrogens is 352 g/mol. The minimum Gasteiger partial charge on any atom is -0.477 e. The molecule has 3 aromatic rings. The molecule has 1 aromatic carbocycles. The summed E-state index contributed by atoms with van der Waals surface area (Å²) < 4.78 is 5.64. The molecule has 0 aliphatic carbocycles. The van der Waals surface area contributed by atoms with Crippen LogP contribution in [0.15, 0.2) is 59.7 Å². The molecule has 0 saturated carbocycles. The first-order valence-electron chi connectivity index (χ1n) is 8.30. The second kappa shape index (κ2) is 9.01. The summed E-state index contributed by atoms with van der Waals surface area (Å²) in [5, 5.41) is 10.2. The number of hydrogen-bond acceptors (Lipinski definition) is 5. The predicted octanol–water partition coefficient (Wildman–Crippen LogP) is 3.44. The number of nitrogens with one attached hydrogen (secondary N) is 2. The van der Waals surface area contributed by atoms with Crippen LogP contribution in [0.4, 0.5) is 5.69 Å². The maximum Gasteiger partial charge on any atom is 0.287 e. The van der Waals surface area contributed by atoms with Crippen LogP contribution in [0.2, 0.25) is 5.02 Å². The molecule has 0 amide bonds. The van der Waals surface area contributed by atoms with Gasteiger partial charge in [0.2, 0.25) is 5.88 Å². The van der Waals surface area contributed by atoms with Gasteiger partial charge in [0.25, 0.3) is 5.56 Å². The van der Waals surface area contributed by atoms with Crippen LogP contribution in [0.1, 0.15) is 17.5 Å². The molecule has 2 N–H and O–H groups in total. The fraction of sp³-hybridized carbons (Fsp3) is 0.211. The molecule has 2 aromatic heterocycles. The number of ether oxygens (including phenoxy) is 1. The van der Waals surface area contributed by atoms with E-state index in [0.29, 0.717) is 24.7 Å². The molecule has 2 heterocycles. The summed E-state index contributed by atoms with van der Waals surface area (Å²) in [6.45, 7) is 1.00. The SMILES string of the molecule is O=c1[nH]nc(OCCCc2ccc(Cl)cc2)cc1NCc1cccnc1.